The van der Waals surface area contributed by atoms with Crippen molar-refractivity contribution in [2.45, 2.75) is 0 Å². The van der Waals surface area contributed by atoms with Crippen LogP contribution in [0.3, 0.4) is 0 Å². The Balaban J connectivity index is 2.79. The summed E-state index contributed by atoms with van der Waals surface area (Å²) in [5.41, 5.74) is 0.493. The highest BCUT2D eigenvalue weighted by Gasteiger charge is 2.06. The summed E-state index contributed by atoms with van der Waals surface area (Å²) in [7, 11) is 0. The number of carbonyl (C=O) groups excluding carboxylic acids is 1. The average Bonchev–Trinajstić information content (AvgIpc) is 2.12. The molecular formula is C9H8Cl2INO. The van der Waals surface area contributed by atoms with Gasteiger partial charge in [-0.05, 0) is 18.2 Å². The summed E-state index contributed by atoms with van der Waals surface area (Å²) in [5.74, 6) is -0.147. The van der Waals surface area contributed by atoms with Crippen LogP contribution in [0.2, 0.25) is 10.0 Å². The van der Waals surface area contributed by atoms with Crippen molar-refractivity contribution in [1.29, 1.82) is 0 Å². The number of rotatable bonds is 3. The fraction of sp³-hybridized carbons (Fsp3) is 0.222. The molecule has 0 aliphatic rings. The highest BCUT2D eigenvalue weighted by molar-refractivity contribution is 14.1. The normalized spacial score (nSPS) is 9.93. The molecule has 0 fully saturated rings. The first-order valence-electron chi connectivity index (χ1n) is 3.93. The quantitative estimate of drug-likeness (QED) is 0.663. The van der Waals surface area contributed by atoms with Crippen LogP contribution in [-0.4, -0.2) is 16.9 Å². The average molecular weight is 344 g/mol. The van der Waals surface area contributed by atoms with Gasteiger partial charge >= 0.3 is 0 Å². The van der Waals surface area contributed by atoms with E-state index in [-0.39, 0.29) is 5.91 Å². The van der Waals surface area contributed by atoms with Crippen molar-refractivity contribution in [2.24, 2.45) is 0 Å². The molecule has 0 unspecified atom stereocenters. The molecule has 0 atom stereocenters. The van der Waals surface area contributed by atoms with E-state index in [0.717, 1.165) is 4.43 Å². The molecule has 0 aliphatic heterocycles. The van der Waals surface area contributed by atoms with Crippen LogP contribution in [0.25, 0.3) is 0 Å². The Kier molecular flexibility index (Phi) is 4.98. The third-order valence-electron chi connectivity index (χ3n) is 1.50. The number of hydrogen-bond donors (Lipinski definition) is 1. The Labute approximate surface area is 106 Å². The van der Waals surface area contributed by atoms with E-state index in [2.05, 4.69) is 27.9 Å². The molecule has 0 spiro atoms. The van der Waals surface area contributed by atoms with Gasteiger partial charge in [0.15, 0.2) is 0 Å². The molecule has 1 aromatic carbocycles. The molecule has 14 heavy (non-hydrogen) atoms. The predicted octanol–water partition coefficient (Wildman–Crippen LogP) is 3.16. The molecule has 0 aliphatic carbocycles. The number of alkyl halides is 1. The first-order valence-corrected chi connectivity index (χ1v) is 6.22. The second-order valence-electron chi connectivity index (χ2n) is 2.60. The summed E-state index contributed by atoms with van der Waals surface area (Å²) in [6.45, 7) is 0.642. The van der Waals surface area contributed by atoms with Crippen molar-refractivity contribution < 1.29 is 4.79 Å². The molecule has 1 amide bonds. The van der Waals surface area contributed by atoms with Gasteiger partial charge in [0.05, 0.1) is 0 Å². The van der Waals surface area contributed by atoms with Crippen LogP contribution in [-0.2, 0) is 0 Å². The first-order chi connectivity index (χ1) is 6.63. The monoisotopic (exact) mass is 343 g/mol. The Hall–Kier alpha value is -0.000000000000000111. The summed E-state index contributed by atoms with van der Waals surface area (Å²) in [4.78, 5) is 11.5. The van der Waals surface area contributed by atoms with Crippen molar-refractivity contribution >= 4 is 51.7 Å². The van der Waals surface area contributed by atoms with Gasteiger partial charge in [-0.3, -0.25) is 4.79 Å². The summed E-state index contributed by atoms with van der Waals surface area (Å²) in [6, 6.07) is 4.78. The summed E-state index contributed by atoms with van der Waals surface area (Å²) >= 11 is 13.7. The molecule has 1 rings (SSSR count). The number of carbonyl (C=O) groups is 1. The molecular weight excluding hydrogens is 336 g/mol. The molecule has 0 heterocycles. The number of amides is 1. The van der Waals surface area contributed by atoms with Gasteiger partial charge in [0.25, 0.3) is 5.91 Å². The van der Waals surface area contributed by atoms with Crippen LogP contribution in [0.5, 0.6) is 0 Å². The minimum absolute atomic E-state index is 0.147. The van der Waals surface area contributed by atoms with Crippen molar-refractivity contribution in [3.8, 4) is 0 Å². The third kappa shape index (κ3) is 3.63. The van der Waals surface area contributed by atoms with Crippen LogP contribution < -0.4 is 5.32 Å². The molecule has 2 nitrogen and oxygen atoms in total. The molecule has 0 radical (unpaired) electrons. The van der Waals surface area contributed by atoms with Crippen molar-refractivity contribution in [1.82, 2.24) is 5.32 Å². The van der Waals surface area contributed by atoms with Crippen molar-refractivity contribution in [3.05, 3.63) is 33.8 Å². The molecule has 76 valence electrons. The smallest absolute Gasteiger partial charge is 0.251 e. The van der Waals surface area contributed by atoms with Gasteiger partial charge in [0.1, 0.15) is 0 Å². The zero-order chi connectivity index (χ0) is 10.6. The topological polar surface area (TPSA) is 29.1 Å². The van der Waals surface area contributed by atoms with Gasteiger partial charge in [-0.25, -0.2) is 0 Å². The standard InChI is InChI=1S/C9H8Cl2INO/c10-7-3-6(4-8(11)5-7)9(14)13-2-1-12/h3-5H,1-2H2,(H,13,14). The maximum Gasteiger partial charge on any atom is 0.251 e. The molecule has 0 aromatic heterocycles. The number of halogens is 3. The Morgan fingerprint density at radius 2 is 1.86 bits per heavy atom. The van der Waals surface area contributed by atoms with E-state index in [1.54, 1.807) is 18.2 Å². The number of nitrogens with one attached hydrogen (secondary N) is 1. The van der Waals surface area contributed by atoms with Crippen molar-refractivity contribution in [2.75, 3.05) is 11.0 Å². The van der Waals surface area contributed by atoms with Gasteiger partial charge in [-0.2, -0.15) is 0 Å². The molecule has 0 saturated carbocycles. The van der Waals surface area contributed by atoms with Gasteiger partial charge in [0.2, 0.25) is 0 Å². The van der Waals surface area contributed by atoms with Crippen LogP contribution in [0, 0.1) is 0 Å². The minimum Gasteiger partial charge on any atom is -0.351 e. The van der Waals surface area contributed by atoms with Crippen molar-refractivity contribution in [3.63, 3.8) is 0 Å². The van der Waals surface area contributed by atoms with Gasteiger partial charge in [0, 0.05) is 26.6 Å². The SMILES string of the molecule is O=C(NCCI)c1cc(Cl)cc(Cl)c1. The van der Waals surface area contributed by atoms with E-state index in [4.69, 9.17) is 23.2 Å². The molecule has 1 aromatic rings. The molecule has 1 N–H and O–H groups in total. The van der Waals surface area contributed by atoms with E-state index in [0.29, 0.717) is 22.2 Å². The second kappa shape index (κ2) is 5.78. The summed E-state index contributed by atoms with van der Waals surface area (Å²) in [6.07, 6.45) is 0. The van der Waals surface area contributed by atoms with Crippen LogP contribution in [0.4, 0.5) is 0 Å². The zero-order valence-corrected chi connectivity index (χ0v) is 10.9. The summed E-state index contributed by atoms with van der Waals surface area (Å²) in [5, 5.41) is 3.68. The fourth-order valence-corrected chi connectivity index (χ4v) is 1.74. The van der Waals surface area contributed by atoms with Crippen LogP contribution in [0.15, 0.2) is 18.2 Å². The lowest BCUT2D eigenvalue weighted by atomic mass is 10.2. The molecule has 0 bridgehead atoms. The Morgan fingerprint density at radius 1 is 1.29 bits per heavy atom. The maximum atomic E-state index is 11.5. The lowest BCUT2D eigenvalue weighted by molar-refractivity contribution is 0.0956. The molecule has 5 heteroatoms. The highest BCUT2D eigenvalue weighted by atomic mass is 127. The number of hydrogen-bond acceptors (Lipinski definition) is 1. The van der Waals surface area contributed by atoms with E-state index in [1.807, 2.05) is 0 Å². The van der Waals surface area contributed by atoms with Crippen LogP contribution >= 0.6 is 45.8 Å². The first kappa shape index (κ1) is 12.1. The Bertz CT molecular complexity index is 323. The van der Waals surface area contributed by atoms with Gasteiger partial charge in [-0.15, -0.1) is 0 Å². The van der Waals surface area contributed by atoms with E-state index in [1.165, 1.54) is 0 Å². The van der Waals surface area contributed by atoms with Gasteiger partial charge < -0.3 is 5.32 Å². The predicted molar refractivity (Wildman–Crippen MR) is 67.7 cm³/mol. The fourth-order valence-electron chi connectivity index (χ4n) is 0.948. The third-order valence-corrected chi connectivity index (χ3v) is 2.48. The van der Waals surface area contributed by atoms with E-state index >= 15 is 0 Å². The molecule has 0 saturated heterocycles. The lowest BCUT2D eigenvalue weighted by Gasteiger charge is -2.03. The van der Waals surface area contributed by atoms with E-state index < -0.39 is 0 Å². The minimum atomic E-state index is -0.147. The van der Waals surface area contributed by atoms with Crippen LogP contribution in [0.1, 0.15) is 10.4 Å². The van der Waals surface area contributed by atoms with E-state index in [9.17, 15) is 4.79 Å². The zero-order valence-electron chi connectivity index (χ0n) is 7.19. The lowest BCUT2D eigenvalue weighted by Crippen LogP contribution is -2.25. The highest BCUT2D eigenvalue weighted by Crippen LogP contribution is 2.18. The number of benzene rings is 1. The Morgan fingerprint density at radius 3 is 2.36 bits per heavy atom. The largest absolute Gasteiger partial charge is 0.351 e. The summed E-state index contributed by atoms with van der Waals surface area (Å²) < 4.78 is 0.873. The maximum absolute atomic E-state index is 11.5. The second-order valence-corrected chi connectivity index (χ2v) is 4.55. The van der Waals surface area contributed by atoms with Gasteiger partial charge in [-0.1, -0.05) is 45.8 Å².